The normalized spacial score (nSPS) is 10.9. The molecule has 0 aliphatic rings. The molecule has 3 rings (SSSR count). The van der Waals surface area contributed by atoms with Crippen LogP contribution in [0.2, 0.25) is 0 Å². The summed E-state index contributed by atoms with van der Waals surface area (Å²) in [5.41, 5.74) is 8.58. The highest BCUT2D eigenvalue weighted by Crippen LogP contribution is 2.22. The summed E-state index contributed by atoms with van der Waals surface area (Å²) < 4.78 is 2.17. The fraction of sp³-hybridized carbons (Fsp3) is 0.182. The van der Waals surface area contributed by atoms with E-state index in [1.807, 2.05) is 51.4 Å². The zero-order valence-corrected chi connectivity index (χ0v) is 16.6. The summed E-state index contributed by atoms with van der Waals surface area (Å²) in [5.74, 6) is 0. The van der Waals surface area contributed by atoms with Gasteiger partial charge in [-0.3, -0.25) is 0 Å². The van der Waals surface area contributed by atoms with Crippen LogP contribution in [-0.4, -0.2) is 30.9 Å². The Kier molecular flexibility index (Phi) is 5.79. The van der Waals surface area contributed by atoms with Gasteiger partial charge in [0.2, 0.25) is 0 Å². The molecule has 0 bridgehead atoms. The minimum absolute atomic E-state index is 0.379. The van der Waals surface area contributed by atoms with Crippen molar-refractivity contribution in [2.75, 3.05) is 24.3 Å². The van der Waals surface area contributed by atoms with Crippen LogP contribution in [0.1, 0.15) is 17.0 Å². The van der Waals surface area contributed by atoms with E-state index < -0.39 is 0 Å². The second-order valence-corrected chi connectivity index (χ2v) is 6.76. The minimum atomic E-state index is -0.379. The van der Waals surface area contributed by atoms with E-state index in [0.29, 0.717) is 0 Å². The molecule has 2 aromatic carbocycles. The number of benzene rings is 2. The Morgan fingerprint density at radius 3 is 2.36 bits per heavy atom. The summed E-state index contributed by atoms with van der Waals surface area (Å²) in [6.45, 7) is 4.10. The molecule has 0 saturated carbocycles. The molecule has 1 heterocycles. The summed E-state index contributed by atoms with van der Waals surface area (Å²) in [6.07, 6.45) is 1.66. The molecule has 144 valence electrons. The predicted octanol–water partition coefficient (Wildman–Crippen LogP) is 4.32. The van der Waals surface area contributed by atoms with Gasteiger partial charge < -0.3 is 14.8 Å². The highest BCUT2D eigenvalue weighted by Gasteiger charge is 2.10. The first-order chi connectivity index (χ1) is 13.5. The number of amides is 2. The molecule has 6 heteroatoms. The number of nitrogens with one attached hydrogen (secondary N) is 2. The molecule has 0 aliphatic heterocycles. The van der Waals surface area contributed by atoms with E-state index in [1.165, 1.54) is 0 Å². The molecule has 2 amide bonds. The van der Waals surface area contributed by atoms with Crippen LogP contribution in [0, 0.1) is 13.8 Å². The second kappa shape index (κ2) is 8.43. The molecule has 0 aliphatic carbocycles. The SMILES string of the molecule is Cc1cc(/C=N\NC(=O)Nc2ccccc2)c(C)n1-c1ccc(N(C)C)cc1. The van der Waals surface area contributed by atoms with Crippen molar-refractivity contribution in [3.05, 3.63) is 77.6 Å². The molecular weight excluding hydrogens is 350 g/mol. The first kappa shape index (κ1) is 19.2. The third kappa shape index (κ3) is 4.40. The third-order valence-electron chi connectivity index (χ3n) is 4.50. The molecule has 0 atom stereocenters. The highest BCUT2D eigenvalue weighted by atomic mass is 16.2. The number of carbonyl (C=O) groups is 1. The Morgan fingerprint density at radius 2 is 1.71 bits per heavy atom. The Balaban J connectivity index is 1.71. The number of hydrazone groups is 1. The van der Waals surface area contributed by atoms with Gasteiger partial charge in [0.15, 0.2) is 0 Å². The summed E-state index contributed by atoms with van der Waals surface area (Å²) >= 11 is 0. The molecule has 0 unspecified atom stereocenters. The van der Waals surface area contributed by atoms with Gasteiger partial charge in [0.1, 0.15) is 0 Å². The van der Waals surface area contributed by atoms with Crippen molar-refractivity contribution in [3.8, 4) is 5.69 Å². The Morgan fingerprint density at radius 1 is 1.04 bits per heavy atom. The fourth-order valence-electron chi connectivity index (χ4n) is 3.06. The first-order valence-corrected chi connectivity index (χ1v) is 9.07. The molecule has 6 nitrogen and oxygen atoms in total. The number of para-hydroxylation sites is 1. The molecule has 0 radical (unpaired) electrons. The van der Waals surface area contributed by atoms with Crippen LogP contribution in [0.3, 0.4) is 0 Å². The maximum Gasteiger partial charge on any atom is 0.339 e. The molecule has 1 aromatic heterocycles. The monoisotopic (exact) mass is 375 g/mol. The number of carbonyl (C=O) groups excluding carboxylic acids is 1. The average Bonchev–Trinajstić information content (AvgIpc) is 2.96. The largest absolute Gasteiger partial charge is 0.378 e. The van der Waals surface area contributed by atoms with Gasteiger partial charge in [0, 0.05) is 48.1 Å². The Bertz CT molecular complexity index is 972. The number of aryl methyl sites for hydroxylation is 1. The van der Waals surface area contributed by atoms with Gasteiger partial charge in [-0.2, -0.15) is 5.10 Å². The number of aromatic nitrogens is 1. The van der Waals surface area contributed by atoms with Crippen LogP contribution in [-0.2, 0) is 0 Å². The van der Waals surface area contributed by atoms with Crippen molar-refractivity contribution in [2.24, 2.45) is 5.10 Å². The zero-order valence-electron chi connectivity index (χ0n) is 16.6. The van der Waals surface area contributed by atoms with Gasteiger partial charge in [-0.15, -0.1) is 0 Å². The molecule has 28 heavy (non-hydrogen) atoms. The quantitative estimate of drug-likeness (QED) is 0.515. The summed E-state index contributed by atoms with van der Waals surface area (Å²) in [7, 11) is 4.05. The Hall–Kier alpha value is -3.54. The number of hydrogen-bond donors (Lipinski definition) is 2. The number of urea groups is 1. The van der Waals surface area contributed by atoms with Crippen LogP contribution in [0.5, 0.6) is 0 Å². The number of nitrogens with zero attached hydrogens (tertiary/aromatic N) is 3. The maximum atomic E-state index is 11.9. The fourth-order valence-corrected chi connectivity index (χ4v) is 3.06. The highest BCUT2D eigenvalue weighted by molar-refractivity contribution is 5.90. The van der Waals surface area contributed by atoms with Gasteiger partial charge in [-0.05, 0) is 56.3 Å². The van der Waals surface area contributed by atoms with Crippen molar-refractivity contribution in [1.82, 2.24) is 9.99 Å². The number of rotatable bonds is 5. The molecule has 2 N–H and O–H groups in total. The molecule has 0 saturated heterocycles. The van der Waals surface area contributed by atoms with E-state index in [2.05, 4.69) is 62.6 Å². The van der Waals surface area contributed by atoms with Crippen molar-refractivity contribution >= 4 is 23.6 Å². The van der Waals surface area contributed by atoms with E-state index in [1.54, 1.807) is 6.21 Å². The first-order valence-electron chi connectivity index (χ1n) is 9.07. The van der Waals surface area contributed by atoms with Crippen LogP contribution in [0.4, 0.5) is 16.2 Å². The smallest absolute Gasteiger partial charge is 0.339 e. The van der Waals surface area contributed by atoms with E-state index in [9.17, 15) is 4.79 Å². The minimum Gasteiger partial charge on any atom is -0.378 e. The summed E-state index contributed by atoms with van der Waals surface area (Å²) in [4.78, 5) is 14.0. The number of anilines is 2. The molecule has 3 aromatic rings. The van der Waals surface area contributed by atoms with Crippen molar-refractivity contribution in [3.63, 3.8) is 0 Å². The predicted molar refractivity (Wildman–Crippen MR) is 116 cm³/mol. The van der Waals surface area contributed by atoms with Crippen LogP contribution < -0.4 is 15.6 Å². The molecular formula is C22H25N5O. The van der Waals surface area contributed by atoms with Crippen molar-refractivity contribution in [1.29, 1.82) is 0 Å². The zero-order chi connectivity index (χ0) is 20.1. The van der Waals surface area contributed by atoms with E-state index in [0.717, 1.165) is 34.0 Å². The Labute approximate surface area is 165 Å². The van der Waals surface area contributed by atoms with Gasteiger partial charge in [-0.25, -0.2) is 10.2 Å². The topological polar surface area (TPSA) is 61.7 Å². The van der Waals surface area contributed by atoms with Gasteiger partial charge in [0.25, 0.3) is 0 Å². The standard InChI is InChI=1S/C22H25N5O/c1-16-14-18(15-23-25-22(28)24-19-8-6-5-7-9-19)17(2)27(16)21-12-10-20(11-13-21)26(3)4/h5-15H,1-4H3,(H2,24,25,28)/b23-15-. The van der Waals surface area contributed by atoms with Gasteiger partial charge >= 0.3 is 6.03 Å². The van der Waals surface area contributed by atoms with Crippen LogP contribution in [0.25, 0.3) is 5.69 Å². The lowest BCUT2D eigenvalue weighted by Crippen LogP contribution is -2.24. The van der Waals surface area contributed by atoms with E-state index >= 15 is 0 Å². The number of hydrogen-bond acceptors (Lipinski definition) is 3. The lowest BCUT2D eigenvalue weighted by atomic mass is 10.2. The van der Waals surface area contributed by atoms with Gasteiger partial charge in [-0.1, -0.05) is 18.2 Å². The molecule has 0 spiro atoms. The van der Waals surface area contributed by atoms with Crippen LogP contribution in [0.15, 0.2) is 65.8 Å². The maximum absolute atomic E-state index is 11.9. The summed E-state index contributed by atoms with van der Waals surface area (Å²) in [6, 6.07) is 19.3. The lowest BCUT2D eigenvalue weighted by molar-refractivity contribution is 0.252. The third-order valence-corrected chi connectivity index (χ3v) is 4.50. The summed E-state index contributed by atoms with van der Waals surface area (Å²) in [5, 5.41) is 6.80. The van der Waals surface area contributed by atoms with E-state index in [4.69, 9.17) is 0 Å². The van der Waals surface area contributed by atoms with Crippen LogP contribution >= 0.6 is 0 Å². The van der Waals surface area contributed by atoms with Gasteiger partial charge in [0.05, 0.1) is 6.21 Å². The molecule has 0 fully saturated rings. The van der Waals surface area contributed by atoms with Crippen molar-refractivity contribution < 1.29 is 4.79 Å². The second-order valence-electron chi connectivity index (χ2n) is 6.76. The average molecular weight is 375 g/mol. The van der Waals surface area contributed by atoms with E-state index in [-0.39, 0.29) is 6.03 Å². The van der Waals surface area contributed by atoms with Crippen molar-refractivity contribution in [2.45, 2.75) is 13.8 Å². The lowest BCUT2D eigenvalue weighted by Gasteiger charge is -2.14.